The second-order valence-electron chi connectivity index (χ2n) is 4.00. The van der Waals surface area contributed by atoms with Crippen LogP contribution in [0.15, 0.2) is 22.4 Å². The molecule has 0 aliphatic heterocycles. The zero-order valence-corrected chi connectivity index (χ0v) is 12.5. The number of thiophene rings is 1. The van der Waals surface area contributed by atoms with Crippen LogP contribution in [0.5, 0.6) is 0 Å². The molecule has 0 atom stereocenters. The number of rotatable bonds is 3. The number of tetrazole rings is 1. The second kappa shape index (κ2) is 4.69. The van der Waals surface area contributed by atoms with Gasteiger partial charge in [0.2, 0.25) is 0 Å². The summed E-state index contributed by atoms with van der Waals surface area (Å²) in [7, 11) is -3.75. The highest BCUT2D eigenvalue weighted by atomic mass is 35.5. The highest BCUT2D eigenvalue weighted by Gasteiger charge is 2.23. The van der Waals surface area contributed by atoms with Gasteiger partial charge in [-0.2, -0.15) is 5.21 Å². The topological polar surface area (TPSA) is 101 Å². The molecule has 0 spiro atoms. The highest BCUT2D eigenvalue weighted by molar-refractivity contribution is 7.94. The fourth-order valence-electron chi connectivity index (χ4n) is 1.80. The molecule has 3 aromatic rings. The van der Waals surface area contributed by atoms with Gasteiger partial charge in [-0.15, -0.1) is 16.4 Å². The summed E-state index contributed by atoms with van der Waals surface area (Å²) in [6, 6.07) is 5.27. The lowest BCUT2D eigenvalue weighted by Gasteiger charge is -2.02. The van der Waals surface area contributed by atoms with E-state index in [9.17, 15) is 8.42 Å². The first-order valence-electron chi connectivity index (χ1n) is 5.42. The van der Waals surface area contributed by atoms with Crippen molar-refractivity contribution in [2.45, 2.75) is 11.1 Å². The molecule has 0 bridgehead atoms. The fourth-order valence-corrected chi connectivity index (χ4v) is 4.66. The average molecular weight is 330 g/mol. The molecule has 3 rings (SSSR count). The van der Waals surface area contributed by atoms with Crippen LogP contribution < -0.4 is 4.72 Å². The summed E-state index contributed by atoms with van der Waals surface area (Å²) < 4.78 is 28.0. The summed E-state index contributed by atoms with van der Waals surface area (Å²) in [5.41, 5.74) is 0.642. The Hall–Kier alpha value is -1.71. The van der Waals surface area contributed by atoms with E-state index in [0.29, 0.717) is 10.6 Å². The lowest BCUT2D eigenvalue weighted by atomic mass is 10.2. The van der Waals surface area contributed by atoms with Gasteiger partial charge in [0.1, 0.15) is 4.21 Å². The van der Waals surface area contributed by atoms with Crippen molar-refractivity contribution in [2.24, 2.45) is 0 Å². The number of halogens is 1. The second-order valence-corrected chi connectivity index (χ2v) is 7.36. The molecule has 2 N–H and O–H groups in total. The van der Waals surface area contributed by atoms with Crippen molar-refractivity contribution in [2.75, 3.05) is 4.72 Å². The molecule has 10 heteroatoms. The minimum absolute atomic E-state index is 0.0973. The molecule has 2 aromatic heterocycles. The van der Waals surface area contributed by atoms with E-state index in [1.165, 1.54) is 11.3 Å². The van der Waals surface area contributed by atoms with Gasteiger partial charge in [0.15, 0.2) is 0 Å². The van der Waals surface area contributed by atoms with E-state index >= 15 is 0 Å². The maximum absolute atomic E-state index is 12.3. The maximum Gasteiger partial charge on any atom is 0.276 e. The van der Waals surface area contributed by atoms with Crippen LogP contribution in [0.2, 0.25) is 5.02 Å². The minimum Gasteiger partial charge on any atom is -0.244 e. The third-order valence-electron chi connectivity index (χ3n) is 2.67. The lowest BCUT2D eigenvalue weighted by Crippen LogP contribution is -2.13. The normalized spacial score (nSPS) is 11.9. The summed E-state index contributed by atoms with van der Waals surface area (Å²) in [4.78, 5) is 0. The van der Waals surface area contributed by atoms with Crippen LogP contribution in [0, 0.1) is 6.92 Å². The predicted octanol–water partition coefficient (Wildman–Crippen LogP) is 2.18. The predicted molar refractivity (Wildman–Crippen MR) is 76.6 cm³/mol. The van der Waals surface area contributed by atoms with Crippen LogP contribution >= 0.6 is 22.9 Å². The molecule has 20 heavy (non-hydrogen) atoms. The third-order valence-corrected chi connectivity index (χ3v) is 6.13. The van der Waals surface area contributed by atoms with Crippen molar-refractivity contribution in [1.29, 1.82) is 0 Å². The van der Waals surface area contributed by atoms with Gasteiger partial charge < -0.3 is 0 Å². The molecule has 1 aromatic carbocycles. The molecule has 7 nitrogen and oxygen atoms in total. The first-order chi connectivity index (χ1) is 9.47. The van der Waals surface area contributed by atoms with E-state index < -0.39 is 10.0 Å². The molecule has 2 heterocycles. The Morgan fingerprint density at radius 3 is 2.90 bits per heavy atom. The minimum atomic E-state index is -3.75. The number of hydrogen-bond acceptors (Lipinski definition) is 6. The van der Waals surface area contributed by atoms with Gasteiger partial charge in [-0.05, 0) is 41.3 Å². The van der Waals surface area contributed by atoms with E-state index in [1.807, 2.05) is 0 Å². The Kier molecular flexibility index (Phi) is 3.11. The van der Waals surface area contributed by atoms with Gasteiger partial charge in [-0.3, -0.25) is 0 Å². The van der Waals surface area contributed by atoms with Gasteiger partial charge in [0, 0.05) is 9.72 Å². The number of nitrogens with one attached hydrogen (secondary N) is 2. The monoisotopic (exact) mass is 329 g/mol. The standard InChI is InChI=1S/C10H8ClN5O2S2/c1-5-7-4-6(11)2-3-8(7)19-9(5)20(17,18)14-10-12-15-16-13-10/h2-4H,1H3,(H2,12,13,14,15,16). The van der Waals surface area contributed by atoms with Crippen molar-refractivity contribution >= 4 is 49.0 Å². The number of fused-ring (bicyclic) bond motifs is 1. The smallest absolute Gasteiger partial charge is 0.244 e. The molecule has 0 aliphatic rings. The highest BCUT2D eigenvalue weighted by Crippen LogP contribution is 2.35. The summed E-state index contributed by atoms with van der Waals surface area (Å²) in [6.45, 7) is 1.74. The number of aromatic amines is 1. The molecule has 0 saturated heterocycles. The molecule has 104 valence electrons. The number of nitrogens with zero attached hydrogens (tertiary/aromatic N) is 3. The van der Waals surface area contributed by atoms with Crippen molar-refractivity contribution < 1.29 is 8.42 Å². The van der Waals surface area contributed by atoms with Crippen LogP contribution in [-0.4, -0.2) is 29.0 Å². The van der Waals surface area contributed by atoms with Gasteiger partial charge in [-0.1, -0.05) is 16.7 Å². The number of benzene rings is 1. The Morgan fingerprint density at radius 2 is 2.20 bits per heavy atom. The van der Waals surface area contributed by atoms with E-state index in [-0.39, 0.29) is 10.2 Å². The van der Waals surface area contributed by atoms with Gasteiger partial charge in [0.25, 0.3) is 16.0 Å². The maximum atomic E-state index is 12.3. The van der Waals surface area contributed by atoms with Gasteiger partial charge >= 0.3 is 0 Å². The largest absolute Gasteiger partial charge is 0.276 e. The van der Waals surface area contributed by atoms with Crippen LogP contribution in [0.1, 0.15) is 5.56 Å². The van der Waals surface area contributed by atoms with Crippen LogP contribution in [0.4, 0.5) is 5.95 Å². The molecular formula is C10H8ClN5O2S2. The van der Waals surface area contributed by atoms with Crippen LogP contribution in [0.25, 0.3) is 10.1 Å². The molecule has 0 amide bonds. The Labute approximate surface area is 123 Å². The number of aromatic nitrogens is 4. The molecule has 0 fully saturated rings. The summed E-state index contributed by atoms with van der Waals surface area (Å²) >= 11 is 7.10. The molecule has 0 aliphatic carbocycles. The van der Waals surface area contributed by atoms with E-state index in [2.05, 4.69) is 25.3 Å². The number of aryl methyl sites for hydroxylation is 1. The summed E-state index contributed by atoms with van der Waals surface area (Å²) in [5, 5.41) is 14.0. The zero-order valence-electron chi connectivity index (χ0n) is 10.1. The molecular weight excluding hydrogens is 322 g/mol. The summed E-state index contributed by atoms with van der Waals surface area (Å²) in [6.07, 6.45) is 0. The average Bonchev–Trinajstić information content (AvgIpc) is 2.98. The lowest BCUT2D eigenvalue weighted by molar-refractivity contribution is 0.602. The van der Waals surface area contributed by atoms with Gasteiger partial charge in [-0.25, -0.2) is 13.1 Å². The van der Waals surface area contributed by atoms with E-state index in [4.69, 9.17) is 11.6 Å². The number of hydrogen-bond donors (Lipinski definition) is 2. The first kappa shape index (κ1) is 13.3. The number of anilines is 1. The Balaban J connectivity index is 2.12. The molecule has 0 unspecified atom stereocenters. The van der Waals surface area contributed by atoms with Crippen molar-refractivity contribution in [3.05, 3.63) is 28.8 Å². The van der Waals surface area contributed by atoms with Crippen molar-refractivity contribution in [1.82, 2.24) is 20.6 Å². The van der Waals surface area contributed by atoms with E-state index in [1.54, 1.807) is 25.1 Å². The molecule has 0 radical (unpaired) electrons. The van der Waals surface area contributed by atoms with Gasteiger partial charge in [0.05, 0.1) is 0 Å². The van der Waals surface area contributed by atoms with Crippen LogP contribution in [0.3, 0.4) is 0 Å². The molecule has 0 saturated carbocycles. The van der Waals surface area contributed by atoms with E-state index in [0.717, 1.165) is 10.1 Å². The first-order valence-corrected chi connectivity index (χ1v) is 8.10. The Morgan fingerprint density at radius 1 is 1.40 bits per heavy atom. The zero-order chi connectivity index (χ0) is 14.3. The van der Waals surface area contributed by atoms with Crippen molar-refractivity contribution in [3.63, 3.8) is 0 Å². The third kappa shape index (κ3) is 2.23. The summed E-state index contributed by atoms with van der Waals surface area (Å²) in [5.74, 6) is -0.0973. The fraction of sp³-hybridized carbons (Fsp3) is 0.100. The quantitative estimate of drug-likeness (QED) is 0.767. The van der Waals surface area contributed by atoms with Crippen LogP contribution in [-0.2, 0) is 10.0 Å². The number of H-pyrrole nitrogens is 1. The Bertz CT molecular complexity index is 873. The number of sulfonamides is 1. The van der Waals surface area contributed by atoms with Crippen molar-refractivity contribution in [3.8, 4) is 0 Å². The SMILES string of the molecule is Cc1c(S(=O)(=O)Nc2nn[nH]n2)sc2ccc(Cl)cc12.